The molecule has 0 amide bonds. The minimum absolute atomic E-state index is 0.0114. The molecular formula is C25H31N5O2. The molecule has 0 saturated carbocycles. The second-order valence-corrected chi connectivity index (χ2v) is 8.58. The van der Waals surface area contributed by atoms with Crippen molar-refractivity contribution in [1.82, 2.24) is 24.7 Å². The van der Waals surface area contributed by atoms with Crippen molar-refractivity contribution in [2.75, 3.05) is 40.3 Å². The van der Waals surface area contributed by atoms with Gasteiger partial charge in [0.1, 0.15) is 5.82 Å². The van der Waals surface area contributed by atoms with Crippen molar-refractivity contribution >= 4 is 16.7 Å². The zero-order chi connectivity index (χ0) is 22.7. The molecule has 0 radical (unpaired) electrons. The third-order valence-electron chi connectivity index (χ3n) is 6.49. The topological polar surface area (TPSA) is 70.5 Å². The molecule has 1 N–H and O–H groups in total. The van der Waals surface area contributed by atoms with E-state index in [1.54, 1.807) is 4.57 Å². The Morgan fingerprint density at radius 2 is 1.69 bits per heavy atom. The number of nitrogens with one attached hydrogen (secondary N) is 1. The lowest BCUT2D eigenvalue weighted by Crippen LogP contribution is -2.54. The van der Waals surface area contributed by atoms with E-state index in [2.05, 4.69) is 29.2 Å². The molecule has 0 spiro atoms. The van der Waals surface area contributed by atoms with Crippen LogP contribution in [0.5, 0.6) is 0 Å². The first kappa shape index (κ1) is 22.3. The van der Waals surface area contributed by atoms with Crippen LogP contribution in [0.25, 0.3) is 10.9 Å². The Bertz CT molecular complexity index is 1140. The summed E-state index contributed by atoms with van der Waals surface area (Å²) in [4.78, 5) is 34.9. The van der Waals surface area contributed by atoms with Crippen molar-refractivity contribution in [2.24, 2.45) is 7.05 Å². The lowest BCUT2D eigenvalue weighted by molar-refractivity contribution is 0.0407. The van der Waals surface area contributed by atoms with E-state index in [0.29, 0.717) is 18.5 Å². The molecule has 4 rings (SSSR count). The van der Waals surface area contributed by atoms with Crippen LogP contribution in [0.2, 0.25) is 0 Å². The van der Waals surface area contributed by atoms with Crippen molar-refractivity contribution < 1.29 is 4.79 Å². The number of aromatic nitrogens is 2. The second-order valence-electron chi connectivity index (χ2n) is 8.58. The number of benzene rings is 2. The fraction of sp³-hybridized carbons (Fsp3) is 0.400. The van der Waals surface area contributed by atoms with Crippen LogP contribution >= 0.6 is 0 Å². The molecule has 32 heavy (non-hydrogen) atoms. The number of carbonyl (C=O) groups excluding carboxylic acids is 1. The molecule has 1 fully saturated rings. The van der Waals surface area contributed by atoms with Crippen LogP contribution in [0.3, 0.4) is 0 Å². The third kappa shape index (κ3) is 4.50. The highest BCUT2D eigenvalue weighted by atomic mass is 16.1. The molecule has 7 heteroatoms. The third-order valence-corrected chi connectivity index (χ3v) is 6.49. The van der Waals surface area contributed by atoms with Gasteiger partial charge in [-0.2, -0.15) is 0 Å². The Morgan fingerprint density at radius 3 is 2.47 bits per heavy atom. The van der Waals surface area contributed by atoms with Gasteiger partial charge in [0.25, 0.3) is 5.56 Å². The molecule has 1 aliphatic heterocycles. The van der Waals surface area contributed by atoms with Gasteiger partial charge in [-0.15, -0.1) is 0 Å². The molecular weight excluding hydrogens is 402 g/mol. The molecule has 2 heterocycles. The van der Waals surface area contributed by atoms with Crippen LogP contribution in [-0.2, 0) is 7.05 Å². The number of piperazine rings is 1. The summed E-state index contributed by atoms with van der Waals surface area (Å²) in [6, 6.07) is 17.0. The quantitative estimate of drug-likeness (QED) is 0.455. The maximum absolute atomic E-state index is 13.0. The van der Waals surface area contributed by atoms with Crippen molar-refractivity contribution in [2.45, 2.75) is 18.5 Å². The number of para-hydroxylation sites is 1. The Hall–Kier alpha value is -2.87. The summed E-state index contributed by atoms with van der Waals surface area (Å²) in [7, 11) is 6.03. The molecule has 2 unspecified atom stereocenters. The van der Waals surface area contributed by atoms with Crippen LogP contribution in [0, 0.1) is 0 Å². The van der Waals surface area contributed by atoms with Crippen LogP contribution in [0.1, 0.15) is 28.6 Å². The number of carbonyl (C=O) groups is 1. The monoisotopic (exact) mass is 433 g/mol. The van der Waals surface area contributed by atoms with E-state index >= 15 is 0 Å². The second kappa shape index (κ2) is 9.73. The van der Waals surface area contributed by atoms with Crippen molar-refractivity contribution in [3.05, 3.63) is 76.3 Å². The SMILES string of the molecule is CN1CCN(C)C(c2nc3ccccc3c(=O)n2C)C1CCNCC(=O)c1ccccc1. The molecule has 3 aromatic rings. The number of rotatable bonds is 7. The lowest BCUT2D eigenvalue weighted by atomic mass is 9.97. The minimum atomic E-state index is -0.0161. The van der Waals surface area contributed by atoms with E-state index < -0.39 is 0 Å². The number of likely N-dealkylation sites (N-methyl/N-ethyl adjacent to an activating group) is 2. The number of Topliss-reactive ketones (excluding diaryl/α,β-unsaturated/α-hetero) is 1. The molecule has 2 atom stereocenters. The summed E-state index contributed by atoms with van der Waals surface area (Å²) in [5.41, 5.74) is 1.44. The number of ketones is 1. The standard InChI is InChI=1S/C25H31N5O2/c1-28-15-16-29(2)23(24-27-20-12-8-7-11-19(20)25(32)30(24)3)21(28)13-14-26-17-22(31)18-9-5-4-6-10-18/h4-12,21,23,26H,13-17H2,1-3H3. The molecule has 168 valence electrons. The average Bonchev–Trinajstić information content (AvgIpc) is 2.82. The number of fused-ring (bicyclic) bond motifs is 1. The van der Waals surface area contributed by atoms with Gasteiger partial charge in [-0.25, -0.2) is 4.98 Å². The number of hydrogen-bond acceptors (Lipinski definition) is 6. The molecule has 0 bridgehead atoms. The van der Waals surface area contributed by atoms with Gasteiger partial charge < -0.3 is 10.2 Å². The molecule has 2 aromatic carbocycles. The molecule has 1 aliphatic rings. The van der Waals surface area contributed by atoms with Gasteiger partial charge in [-0.05, 0) is 39.2 Å². The van der Waals surface area contributed by atoms with E-state index in [1.165, 1.54) is 0 Å². The molecule has 1 saturated heterocycles. The summed E-state index contributed by atoms with van der Waals surface area (Å²) in [5, 5.41) is 3.95. The van der Waals surface area contributed by atoms with Crippen molar-refractivity contribution in [3.8, 4) is 0 Å². The molecule has 1 aromatic heterocycles. The zero-order valence-electron chi connectivity index (χ0n) is 19.0. The van der Waals surface area contributed by atoms with Crippen LogP contribution in [0.15, 0.2) is 59.4 Å². The van der Waals surface area contributed by atoms with E-state index in [0.717, 1.165) is 36.4 Å². The zero-order valence-corrected chi connectivity index (χ0v) is 19.0. The van der Waals surface area contributed by atoms with Crippen LogP contribution in [-0.4, -0.2) is 71.5 Å². The predicted molar refractivity (Wildman–Crippen MR) is 127 cm³/mol. The summed E-state index contributed by atoms with van der Waals surface area (Å²) in [5.74, 6) is 0.878. The maximum Gasteiger partial charge on any atom is 0.261 e. The fourth-order valence-corrected chi connectivity index (χ4v) is 4.58. The normalized spacial score (nSPS) is 20.0. The van der Waals surface area contributed by atoms with Gasteiger partial charge in [0.15, 0.2) is 5.78 Å². The van der Waals surface area contributed by atoms with Gasteiger partial charge >= 0.3 is 0 Å². The number of nitrogens with zero attached hydrogens (tertiary/aromatic N) is 4. The highest BCUT2D eigenvalue weighted by Gasteiger charge is 2.36. The molecule has 7 nitrogen and oxygen atoms in total. The van der Waals surface area contributed by atoms with Crippen molar-refractivity contribution in [3.63, 3.8) is 0 Å². The van der Waals surface area contributed by atoms with Crippen molar-refractivity contribution in [1.29, 1.82) is 0 Å². The summed E-state index contributed by atoms with van der Waals surface area (Å²) < 4.78 is 1.70. The van der Waals surface area contributed by atoms with E-state index in [-0.39, 0.29) is 23.4 Å². The smallest absolute Gasteiger partial charge is 0.261 e. The lowest BCUT2D eigenvalue weighted by Gasteiger charge is -2.45. The van der Waals surface area contributed by atoms with E-state index in [4.69, 9.17) is 4.98 Å². The van der Waals surface area contributed by atoms with Gasteiger partial charge in [-0.3, -0.25) is 19.1 Å². The summed E-state index contributed by atoms with van der Waals surface area (Å²) >= 11 is 0. The highest BCUT2D eigenvalue weighted by molar-refractivity contribution is 5.97. The fourth-order valence-electron chi connectivity index (χ4n) is 4.58. The first-order valence-corrected chi connectivity index (χ1v) is 11.1. The van der Waals surface area contributed by atoms with Gasteiger partial charge in [0, 0.05) is 31.7 Å². The Balaban J connectivity index is 1.52. The van der Waals surface area contributed by atoms with E-state index in [9.17, 15) is 9.59 Å². The Labute approximate surface area is 188 Å². The molecule has 0 aliphatic carbocycles. The van der Waals surface area contributed by atoms with Crippen LogP contribution in [0.4, 0.5) is 0 Å². The first-order valence-electron chi connectivity index (χ1n) is 11.1. The maximum atomic E-state index is 13.0. The Morgan fingerprint density at radius 1 is 1.00 bits per heavy atom. The highest BCUT2D eigenvalue weighted by Crippen LogP contribution is 2.30. The van der Waals surface area contributed by atoms with Gasteiger partial charge in [0.05, 0.1) is 23.5 Å². The van der Waals surface area contributed by atoms with Gasteiger partial charge in [-0.1, -0.05) is 42.5 Å². The van der Waals surface area contributed by atoms with E-state index in [1.807, 2.05) is 61.6 Å². The average molecular weight is 434 g/mol. The first-order chi connectivity index (χ1) is 15.5. The van der Waals surface area contributed by atoms with Crippen LogP contribution < -0.4 is 10.9 Å². The predicted octanol–water partition coefficient (Wildman–Crippen LogP) is 2.08. The Kier molecular flexibility index (Phi) is 6.79. The summed E-state index contributed by atoms with van der Waals surface area (Å²) in [6.07, 6.45) is 0.844. The largest absolute Gasteiger partial charge is 0.310 e. The van der Waals surface area contributed by atoms with Gasteiger partial charge in [0.2, 0.25) is 0 Å². The minimum Gasteiger partial charge on any atom is -0.310 e. The number of hydrogen-bond donors (Lipinski definition) is 1. The summed E-state index contributed by atoms with van der Waals surface area (Å²) in [6.45, 7) is 2.87.